The molecule has 0 radical (unpaired) electrons. The molecule has 1 atom stereocenters. The van der Waals surface area contributed by atoms with Gasteiger partial charge in [0.1, 0.15) is 17.6 Å². The summed E-state index contributed by atoms with van der Waals surface area (Å²) in [6, 6.07) is 21.0. The summed E-state index contributed by atoms with van der Waals surface area (Å²) in [5, 5.41) is 3.22. The van der Waals surface area contributed by atoms with Crippen molar-refractivity contribution >= 4 is 11.8 Å². The highest BCUT2D eigenvalue weighted by atomic mass is 19.1. The molecule has 1 N–H and O–H groups in total. The van der Waals surface area contributed by atoms with E-state index in [4.69, 9.17) is 4.74 Å². The summed E-state index contributed by atoms with van der Waals surface area (Å²) in [5.41, 5.74) is 3.76. The first-order chi connectivity index (χ1) is 18.4. The lowest BCUT2D eigenvalue weighted by atomic mass is 9.94. The van der Waals surface area contributed by atoms with E-state index in [1.807, 2.05) is 62.4 Å². The van der Waals surface area contributed by atoms with Gasteiger partial charge in [-0.2, -0.15) is 0 Å². The number of carbonyl (C=O) groups is 2. The van der Waals surface area contributed by atoms with Gasteiger partial charge < -0.3 is 15.0 Å². The van der Waals surface area contributed by atoms with E-state index >= 15 is 0 Å². The lowest BCUT2D eigenvalue weighted by Gasteiger charge is -2.33. The van der Waals surface area contributed by atoms with Gasteiger partial charge in [-0.25, -0.2) is 4.39 Å². The fourth-order valence-corrected chi connectivity index (χ4v) is 5.07. The lowest BCUT2D eigenvalue weighted by molar-refractivity contribution is -0.143. The fourth-order valence-electron chi connectivity index (χ4n) is 5.07. The minimum atomic E-state index is -0.736. The van der Waals surface area contributed by atoms with Gasteiger partial charge in [0.25, 0.3) is 5.91 Å². The fraction of sp³-hybridized carbons (Fsp3) is 0.375. The molecular formula is C32H37FN2O3. The minimum absolute atomic E-state index is 0.115. The molecule has 0 bridgehead atoms. The first kappa shape index (κ1) is 27.4. The highest BCUT2D eigenvalue weighted by molar-refractivity contribution is 5.88. The molecule has 3 aromatic rings. The molecule has 38 heavy (non-hydrogen) atoms. The van der Waals surface area contributed by atoms with E-state index in [9.17, 15) is 14.0 Å². The monoisotopic (exact) mass is 516 g/mol. The van der Waals surface area contributed by atoms with Crippen LogP contribution in [0.2, 0.25) is 0 Å². The van der Waals surface area contributed by atoms with Crippen molar-refractivity contribution in [2.75, 3.05) is 6.61 Å². The summed E-state index contributed by atoms with van der Waals surface area (Å²) in [6.07, 6.45) is 5.64. The minimum Gasteiger partial charge on any atom is -0.483 e. The summed E-state index contributed by atoms with van der Waals surface area (Å²) in [7, 11) is 0. The normalized spacial score (nSPS) is 14.5. The Morgan fingerprint density at radius 2 is 1.66 bits per heavy atom. The number of aryl methyl sites for hydroxylation is 2. The molecule has 0 aromatic heterocycles. The smallest absolute Gasteiger partial charge is 0.261 e. The van der Waals surface area contributed by atoms with Crippen LogP contribution in [0.25, 0.3) is 0 Å². The van der Waals surface area contributed by atoms with Crippen molar-refractivity contribution in [3.8, 4) is 5.75 Å². The summed E-state index contributed by atoms with van der Waals surface area (Å²) >= 11 is 0. The number of nitrogens with zero attached hydrogens (tertiary/aromatic N) is 1. The Morgan fingerprint density at radius 3 is 2.34 bits per heavy atom. The van der Waals surface area contributed by atoms with Gasteiger partial charge in [0, 0.05) is 19.0 Å². The van der Waals surface area contributed by atoms with Crippen molar-refractivity contribution in [1.82, 2.24) is 10.2 Å². The van der Waals surface area contributed by atoms with Crippen LogP contribution in [0.1, 0.15) is 54.4 Å². The Kier molecular flexibility index (Phi) is 9.52. The van der Waals surface area contributed by atoms with E-state index in [0.29, 0.717) is 12.2 Å². The molecule has 0 heterocycles. The number of carbonyl (C=O) groups excluding carboxylic acids is 2. The Morgan fingerprint density at radius 1 is 0.947 bits per heavy atom. The molecule has 0 saturated heterocycles. The molecule has 1 saturated carbocycles. The van der Waals surface area contributed by atoms with Crippen LogP contribution in [0.4, 0.5) is 4.39 Å². The van der Waals surface area contributed by atoms with Crippen molar-refractivity contribution < 1.29 is 18.7 Å². The van der Waals surface area contributed by atoms with Crippen molar-refractivity contribution in [2.45, 2.75) is 71.0 Å². The van der Waals surface area contributed by atoms with Crippen LogP contribution in [0.3, 0.4) is 0 Å². The molecular weight excluding hydrogens is 479 g/mol. The molecule has 0 unspecified atom stereocenters. The largest absolute Gasteiger partial charge is 0.483 e. The highest BCUT2D eigenvalue weighted by Crippen LogP contribution is 2.22. The van der Waals surface area contributed by atoms with Crippen LogP contribution in [-0.4, -0.2) is 35.4 Å². The number of hydrogen-bond donors (Lipinski definition) is 1. The second-order valence-electron chi connectivity index (χ2n) is 10.3. The first-order valence-electron chi connectivity index (χ1n) is 13.5. The summed E-state index contributed by atoms with van der Waals surface area (Å²) in [6.45, 7) is 3.92. The van der Waals surface area contributed by atoms with E-state index in [1.54, 1.807) is 17.0 Å². The van der Waals surface area contributed by atoms with Gasteiger partial charge >= 0.3 is 0 Å². The summed E-state index contributed by atoms with van der Waals surface area (Å²) < 4.78 is 19.6. The van der Waals surface area contributed by atoms with Crippen LogP contribution in [-0.2, 0) is 22.6 Å². The van der Waals surface area contributed by atoms with Crippen LogP contribution < -0.4 is 10.1 Å². The molecule has 0 aliphatic heterocycles. The van der Waals surface area contributed by atoms with Gasteiger partial charge in [0.2, 0.25) is 5.91 Å². The molecule has 3 aromatic carbocycles. The van der Waals surface area contributed by atoms with E-state index < -0.39 is 6.04 Å². The second-order valence-corrected chi connectivity index (χ2v) is 10.3. The predicted molar refractivity (Wildman–Crippen MR) is 147 cm³/mol. The SMILES string of the molecule is Cc1ccc(OCC(=O)N(Cc2ccc(F)cc2)[C@@H](Cc2ccccc2)C(=O)NC2CCCCC2)c(C)c1. The Bertz CT molecular complexity index is 1210. The van der Waals surface area contributed by atoms with E-state index in [-0.39, 0.29) is 36.8 Å². The number of amides is 2. The van der Waals surface area contributed by atoms with Crippen molar-refractivity contribution in [1.29, 1.82) is 0 Å². The van der Waals surface area contributed by atoms with Crippen molar-refractivity contribution in [2.24, 2.45) is 0 Å². The Hall–Kier alpha value is -3.67. The number of hydrogen-bond acceptors (Lipinski definition) is 3. The zero-order valence-corrected chi connectivity index (χ0v) is 22.3. The summed E-state index contributed by atoms with van der Waals surface area (Å²) in [4.78, 5) is 29.1. The molecule has 200 valence electrons. The Balaban J connectivity index is 1.61. The molecule has 1 aliphatic rings. The van der Waals surface area contributed by atoms with Crippen LogP contribution in [0.15, 0.2) is 72.8 Å². The van der Waals surface area contributed by atoms with Gasteiger partial charge in [-0.05, 0) is 61.6 Å². The van der Waals surface area contributed by atoms with E-state index in [2.05, 4.69) is 5.32 Å². The van der Waals surface area contributed by atoms with E-state index in [0.717, 1.165) is 47.9 Å². The topological polar surface area (TPSA) is 58.6 Å². The van der Waals surface area contributed by atoms with Gasteiger partial charge in [-0.1, -0.05) is 79.4 Å². The van der Waals surface area contributed by atoms with Gasteiger partial charge in [-0.15, -0.1) is 0 Å². The standard InChI is InChI=1S/C32H37FN2O3/c1-23-13-18-30(24(2)19-23)38-22-31(36)35(21-26-14-16-27(33)17-15-26)29(20-25-9-5-3-6-10-25)32(37)34-28-11-7-4-8-12-28/h3,5-6,9-10,13-19,28-29H,4,7-8,11-12,20-22H2,1-2H3,(H,34,37)/t29-/m0/s1. The van der Waals surface area contributed by atoms with E-state index in [1.165, 1.54) is 18.6 Å². The third kappa shape index (κ3) is 7.67. The third-order valence-corrected chi connectivity index (χ3v) is 7.17. The average Bonchev–Trinajstić information content (AvgIpc) is 2.92. The van der Waals surface area contributed by atoms with Gasteiger partial charge in [0.05, 0.1) is 0 Å². The number of ether oxygens (including phenoxy) is 1. The molecule has 1 aliphatic carbocycles. The number of benzene rings is 3. The number of nitrogens with one attached hydrogen (secondary N) is 1. The maximum Gasteiger partial charge on any atom is 0.261 e. The molecule has 5 nitrogen and oxygen atoms in total. The zero-order valence-electron chi connectivity index (χ0n) is 22.3. The summed E-state index contributed by atoms with van der Waals surface area (Å²) in [5.74, 6) is -0.172. The van der Waals surface area contributed by atoms with Crippen LogP contribution in [0.5, 0.6) is 5.75 Å². The number of halogens is 1. The quantitative estimate of drug-likeness (QED) is 0.364. The predicted octanol–water partition coefficient (Wildman–Crippen LogP) is 5.91. The van der Waals surface area contributed by atoms with Gasteiger partial charge in [-0.3, -0.25) is 9.59 Å². The third-order valence-electron chi connectivity index (χ3n) is 7.17. The molecule has 4 rings (SSSR count). The van der Waals surface area contributed by atoms with Crippen molar-refractivity contribution in [3.05, 3.63) is 101 Å². The lowest BCUT2D eigenvalue weighted by Crippen LogP contribution is -2.53. The first-order valence-corrected chi connectivity index (χ1v) is 13.5. The molecule has 2 amide bonds. The average molecular weight is 517 g/mol. The van der Waals surface area contributed by atoms with Crippen molar-refractivity contribution in [3.63, 3.8) is 0 Å². The zero-order chi connectivity index (χ0) is 26.9. The number of rotatable bonds is 10. The van der Waals surface area contributed by atoms with Gasteiger partial charge in [0.15, 0.2) is 6.61 Å². The molecule has 0 spiro atoms. The maximum absolute atomic E-state index is 13.8. The van der Waals surface area contributed by atoms with Crippen LogP contribution in [0, 0.1) is 19.7 Å². The highest BCUT2D eigenvalue weighted by Gasteiger charge is 2.32. The Labute approximate surface area is 225 Å². The maximum atomic E-state index is 13.8. The molecule has 6 heteroatoms. The van der Waals surface area contributed by atoms with Crippen LogP contribution >= 0.6 is 0 Å². The second kappa shape index (κ2) is 13.2. The molecule has 1 fully saturated rings.